The summed E-state index contributed by atoms with van der Waals surface area (Å²) >= 11 is 0. The van der Waals surface area contributed by atoms with E-state index in [1.54, 1.807) is 13.4 Å². The van der Waals surface area contributed by atoms with Gasteiger partial charge in [-0.3, -0.25) is 4.79 Å². The fourth-order valence-corrected chi connectivity index (χ4v) is 5.86. The summed E-state index contributed by atoms with van der Waals surface area (Å²) in [4.78, 5) is 25.7. The van der Waals surface area contributed by atoms with Gasteiger partial charge in [0.25, 0.3) is 0 Å². The minimum absolute atomic E-state index is 0.156. The number of methoxy groups -OCH3 is 1. The summed E-state index contributed by atoms with van der Waals surface area (Å²) in [6.45, 7) is 3.43. The molecule has 0 radical (unpaired) electrons. The van der Waals surface area contributed by atoms with Crippen LogP contribution in [0.2, 0.25) is 0 Å². The molecule has 2 fully saturated rings. The summed E-state index contributed by atoms with van der Waals surface area (Å²) in [7, 11) is 1.69. The number of oxime groups is 1. The number of imidazole rings is 1. The number of ketones is 1. The summed E-state index contributed by atoms with van der Waals surface area (Å²) in [6.07, 6.45) is 11.2. The Bertz CT molecular complexity index is 1390. The van der Waals surface area contributed by atoms with Crippen molar-refractivity contribution in [2.75, 3.05) is 20.3 Å². The van der Waals surface area contributed by atoms with Crippen molar-refractivity contribution in [2.45, 2.75) is 56.9 Å². The molecular weight excluding hydrogens is 476 g/mol. The largest absolute Gasteiger partial charge is 0.495 e. The van der Waals surface area contributed by atoms with Crippen LogP contribution in [0.3, 0.4) is 0 Å². The molecule has 0 N–H and O–H groups in total. The number of carbonyl (C=O) groups is 1. The lowest BCUT2D eigenvalue weighted by molar-refractivity contribution is -0.122. The monoisotopic (exact) mass is 510 g/mol. The van der Waals surface area contributed by atoms with Crippen molar-refractivity contribution in [2.24, 2.45) is 5.16 Å². The number of fused-ring (bicyclic) bond motifs is 1. The Morgan fingerprint density at radius 2 is 2.05 bits per heavy atom. The summed E-state index contributed by atoms with van der Waals surface area (Å²) in [5.41, 5.74) is 5.02. The number of hydrogen-bond acceptors (Lipinski definition) is 6. The van der Waals surface area contributed by atoms with Gasteiger partial charge in [0.1, 0.15) is 18.1 Å². The van der Waals surface area contributed by atoms with Gasteiger partial charge in [-0.15, -0.1) is 0 Å². The van der Waals surface area contributed by atoms with Crippen LogP contribution in [0.4, 0.5) is 0 Å². The SMILES string of the molecule is COc1cc(/C=C2\CCCN3C2=NOC[C@@H]3CCC(=O)C2(c3ccccc3)CC2)ccc1-n1cnc(C)c1. The van der Waals surface area contributed by atoms with E-state index >= 15 is 0 Å². The van der Waals surface area contributed by atoms with Gasteiger partial charge >= 0.3 is 0 Å². The van der Waals surface area contributed by atoms with Crippen LogP contribution in [0.25, 0.3) is 11.8 Å². The zero-order valence-corrected chi connectivity index (χ0v) is 22.1. The normalized spacial score (nSPS) is 20.9. The minimum Gasteiger partial charge on any atom is -0.495 e. The number of aromatic nitrogens is 2. The molecule has 0 amide bonds. The predicted octanol–water partition coefficient (Wildman–Crippen LogP) is 5.46. The Labute approximate surface area is 223 Å². The zero-order valence-electron chi connectivity index (χ0n) is 22.1. The molecule has 2 aliphatic heterocycles. The van der Waals surface area contributed by atoms with Crippen molar-refractivity contribution in [3.05, 3.63) is 83.4 Å². The molecule has 7 nitrogen and oxygen atoms in total. The van der Waals surface area contributed by atoms with E-state index in [4.69, 9.17) is 9.57 Å². The van der Waals surface area contributed by atoms with Crippen molar-refractivity contribution in [3.63, 3.8) is 0 Å². The first-order valence-corrected chi connectivity index (χ1v) is 13.5. The Kier molecular flexibility index (Phi) is 6.52. The number of aryl methyl sites for hydroxylation is 1. The highest BCUT2D eigenvalue weighted by Gasteiger charge is 2.50. The molecule has 1 saturated carbocycles. The van der Waals surface area contributed by atoms with Crippen LogP contribution in [-0.4, -0.2) is 52.4 Å². The molecule has 0 spiro atoms. The third-order valence-electron chi connectivity index (χ3n) is 8.11. The molecule has 1 atom stereocenters. The molecule has 6 rings (SSSR count). The second kappa shape index (κ2) is 10.1. The average molecular weight is 511 g/mol. The number of ether oxygens (including phenoxy) is 1. The highest BCUT2D eigenvalue weighted by Crippen LogP contribution is 2.50. The molecule has 3 heterocycles. The van der Waals surface area contributed by atoms with Gasteiger partial charge in [0.15, 0.2) is 5.84 Å². The summed E-state index contributed by atoms with van der Waals surface area (Å²) in [5, 5.41) is 4.47. The zero-order chi connectivity index (χ0) is 26.1. The van der Waals surface area contributed by atoms with Crippen LogP contribution in [0.15, 0.2) is 71.8 Å². The van der Waals surface area contributed by atoms with E-state index in [0.717, 1.165) is 72.8 Å². The van der Waals surface area contributed by atoms with Crippen LogP contribution in [-0.2, 0) is 15.0 Å². The Morgan fingerprint density at radius 3 is 2.79 bits per heavy atom. The lowest BCUT2D eigenvalue weighted by atomic mass is 9.88. The maximum absolute atomic E-state index is 13.3. The number of hydrogen-bond donors (Lipinski definition) is 0. The molecule has 3 aromatic rings. The highest BCUT2D eigenvalue weighted by molar-refractivity contribution is 6.03. The molecule has 196 valence electrons. The van der Waals surface area contributed by atoms with Crippen LogP contribution < -0.4 is 4.74 Å². The first-order chi connectivity index (χ1) is 18.6. The van der Waals surface area contributed by atoms with Gasteiger partial charge in [0.05, 0.1) is 36.3 Å². The Morgan fingerprint density at radius 1 is 1.21 bits per heavy atom. The Hall–Kier alpha value is -3.87. The van der Waals surface area contributed by atoms with Crippen LogP contribution in [0.5, 0.6) is 5.75 Å². The molecule has 2 aromatic carbocycles. The van der Waals surface area contributed by atoms with Gasteiger partial charge in [-0.1, -0.05) is 41.6 Å². The van der Waals surface area contributed by atoms with Gasteiger partial charge in [0, 0.05) is 19.2 Å². The maximum Gasteiger partial charge on any atom is 0.171 e. The molecule has 38 heavy (non-hydrogen) atoms. The topological polar surface area (TPSA) is 69.0 Å². The van der Waals surface area contributed by atoms with E-state index in [2.05, 4.69) is 51.4 Å². The number of nitrogens with zero attached hydrogens (tertiary/aromatic N) is 4. The minimum atomic E-state index is -0.263. The second-order valence-corrected chi connectivity index (χ2v) is 10.6. The summed E-state index contributed by atoms with van der Waals surface area (Å²) in [6, 6.07) is 16.6. The van der Waals surface area contributed by atoms with Crippen molar-refractivity contribution >= 4 is 17.7 Å². The smallest absolute Gasteiger partial charge is 0.171 e. The van der Waals surface area contributed by atoms with Crippen molar-refractivity contribution in [1.82, 2.24) is 14.5 Å². The van der Waals surface area contributed by atoms with Crippen molar-refractivity contribution < 1.29 is 14.4 Å². The van der Waals surface area contributed by atoms with E-state index in [1.165, 1.54) is 5.56 Å². The molecule has 0 bridgehead atoms. The fourth-order valence-electron chi connectivity index (χ4n) is 5.86. The number of Topliss-reactive ketones (excluding diaryl/α,β-unsaturated/α-hetero) is 1. The molecular formula is C31H34N4O3. The van der Waals surface area contributed by atoms with Crippen molar-refractivity contribution in [1.29, 1.82) is 0 Å². The number of benzene rings is 2. The predicted molar refractivity (Wildman–Crippen MR) is 148 cm³/mol. The van der Waals surface area contributed by atoms with Gasteiger partial charge < -0.3 is 19.0 Å². The summed E-state index contributed by atoms with van der Waals surface area (Å²) in [5.74, 6) is 2.05. The first-order valence-electron chi connectivity index (χ1n) is 13.5. The van der Waals surface area contributed by atoms with Crippen molar-refractivity contribution in [3.8, 4) is 11.4 Å². The molecule has 7 heteroatoms. The van der Waals surface area contributed by atoms with E-state index in [-0.39, 0.29) is 11.5 Å². The van der Waals surface area contributed by atoms with E-state index in [0.29, 0.717) is 18.8 Å². The number of amidine groups is 1. The fraction of sp³-hybridized carbons (Fsp3) is 0.387. The van der Waals surface area contributed by atoms with Gasteiger partial charge in [-0.25, -0.2) is 4.98 Å². The quantitative estimate of drug-likeness (QED) is 0.402. The van der Waals surface area contributed by atoms with Gasteiger partial charge in [0.2, 0.25) is 0 Å². The van der Waals surface area contributed by atoms with Gasteiger partial charge in [-0.2, -0.15) is 0 Å². The third-order valence-corrected chi connectivity index (χ3v) is 8.11. The van der Waals surface area contributed by atoms with E-state index in [1.807, 2.05) is 35.9 Å². The van der Waals surface area contributed by atoms with Gasteiger partial charge in [-0.05, 0) is 73.9 Å². The number of piperidine rings is 1. The second-order valence-electron chi connectivity index (χ2n) is 10.6. The average Bonchev–Trinajstić information content (AvgIpc) is 3.66. The first kappa shape index (κ1) is 24.5. The van der Waals surface area contributed by atoms with Crippen LogP contribution in [0.1, 0.15) is 55.3 Å². The molecule has 1 aliphatic carbocycles. The lowest BCUT2D eigenvalue weighted by Crippen LogP contribution is -2.49. The third kappa shape index (κ3) is 4.62. The number of rotatable bonds is 8. The van der Waals surface area contributed by atoms with Crippen LogP contribution >= 0.6 is 0 Å². The molecule has 1 saturated heterocycles. The molecule has 1 aromatic heterocycles. The highest BCUT2D eigenvalue weighted by atomic mass is 16.6. The van der Waals surface area contributed by atoms with Crippen LogP contribution in [0, 0.1) is 6.92 Å². The maximum atomic E-state index is 13.3. The van der Waals surface area contributed by atoms with E-state index < -0.39 is 0 Å². The standard InChI is InChI=1S/C31H34N4O3/c1-22-19-34(21-32-22)27-12-10-23(18-28(27)37-2)17-24-7-6-16-35-26(20-38-33-30(24)35)11-13-29(36)31(14-15-31)25-8-4-3-5-9-25/h3-5,8-10,12,17-19,21,26H,6-7,11,13-16,20H2,1-2H3/b24-17+/t26-/m0/s1. The molecule has 3 aliphatic rings. The molecule has 0 unspecified atom stereocenters. The lowest BCUT2D eigenvalue weighted by Gasteiger charge is -2.40. The summed E-state index contributed by atoms with van der Waals surface area (Å²) < 4.78 is 7.68. The Balaban J connectivity index is 1.17. The van der Waals surface area contributed by atoms with E-state index in [9.17, 15) is 4.79 Å². The number of carbonyl (C=O) groups excluding carboxylic acids is 1.